The standard InChI is InChI=1S/C12H10Br2FNO/c1-7(11-4-5-12(14)17-11)16-8-2-3-9(13)10(15)6-8/h2-7,16H,1H3. The van der Waals surface area contributed by atoms with Crippen LogP contribution < -0.4 is 5.32 Å². The Bertz CT molecular complexity index is 527. The summed E-state index contributed by atoms with van der Waals surface area (Å²) in [4.78, 5) is 0. The molecule has 1 atom stereocenters. The van der Waals surface area contributed by atoms with Crippen molar-refractivity contribution in [1.29, 1.82) is 0 Å². The van der Waals surface area contributed by atoms with E-state index in [0.29, 0.717) is 14.8 Å². The summed E-state index contributed by atoms with van der Waals surface area (Å²) in [5.41, 5.74) is 0.714. The van der Waals surface area contributed by atoms with Crippen LogP contribution in [-0.2, 0) is 0 Å². The molecule has 0 spiro atoms. The van der Waals surface area contributed by atoms with Crippen LogP contribution in [0.15, 0.2) is 43.9 Å². The third-order valence-electron chi connectivity index (χ3n) is 2.32. The van der Waals surface area contributed by atoms with Crippen LogP contribution in [0, 0.1) is 5.82 Å². The summed E-state index contributed by atoms with van der Waals surface area (Å²) < 4.78 is 19.9. The minimum atomic E-state index is -0.289. The van der Waals surface area contributed by atoms with Crippen molar-refractivity contribution in [2.45, 2.75) is 13.0 Å². The first-order chi connectivity index (χ1) is 8.06. The van der Waals surface area contributed by atoms with Gasteiger partial charge in [-0.2, -0.15) is 0 Å². The SMILES string of the molecule is CC(Nc1ccc(Br)c(F)c1)c1ccc(Br)o1. The van der Waals surface area contributed by atoms with Crippen LogP contribution >= 0.6 is 31.9 Å². The molecule has 0 aliphatic heterocycles. The van der Waals surface area contributed by atoms with Gasteiger partial charge in [0.1, 0.15) is 11.6 Å². The monoisotopic (exact) mass is 361 g/mol. The number of anilines is 1. The Kier molecular flexibility index (Phi) is 3.89. The van der Waals surface area contributed by atoms with Crippen LogP contribution in [0.2, 0.25) is 0 Å². The van der Waals surface area contributed by atoms with E-state index in [0.717, 1.165) is 5.76 Å². The molecule has 1 unspecified atom stereocenters. The Balaban J connectivity index is 2.12. The molecule has 0 amide bonds. The molecule has 2 rings (SSSR count). The van der Waals surface area contributed by atoms with Crippen molar-refractivity contribution >= 4 is 37.5 Å². The van der Waals surface area contributed by atoms with Gasteiger partial charge in [0.05, 0.1) is 10.5 Å². The Labute approximate surface area is 115 Å². The van der Waals surface area contributed by atoms with Gasteiger partial charge in [-0.25, -0.2) is 4.39 Å². The maximum absolute atomic E-state index is 13.3. The highest BCUT2D eigenvalue weighted by atomic mass is 79.9. The third-order valence-corrected chi connectivity index (χ3v) is 3.39. The predicted molar refractivity (Wildman–Crippen MR) is 72.5 cm³/mol. The van der Waals surface area contributed by atoms with E-state index in [4.69, 9.17) is 4.42 Å². The second-order valence-corrected chi connectivity index (χ2v) is 5.27. The Hall–Kier alpha value is -0.810. The molecule has 17 heavy (non-hydrogen) atoms. The summed E-state index contributed by atoms with van der Waals surface area (Å²) in [6, 6.07) is 8.59. The van der Waals surface area contributed by atoms with Crippen LogP contribution in [0.3, 0.4) is 0 Å². The van der Waals surface area contributed by atoms with E-state index in [1.165, 1.54) is 6.07 Å². The lowest BCUT2D eigenvalue weighted by molar-refractivity contribution is 0.471. The van der Waals surface area contributed by atoms with Gasteiger partial charge in [-0.05, 0) is 69.1 Å². The van der Waals surface area contributed by atoms with E-state index in [1.807, 2.05) is 25.1 Å². The second-order valence-electron chi connectivity index (χ2n) is 3.64. The third kappa shape index (κ3) is 3.10. The molecule has 1 N–H and O–H groups in total. The molecule has 0 radical (unpaired) electrons. The Morgan fingerprint density at radius 3 is 2.59 bits per heavy atom. The molecule has 2 aromatic rings. The number of hydrogen-bond acceptors (Lipinski definition) is 2. The van der Waals surface area contributed by atoms with Gasteiger partial charge in [0.15, 0.2) is 4.67 Å². The van der Waals surface area contributed by atoms with Gasteiger partial charge >= 0.3 is 0 Å². The van der Waals surface area contributed by atoms with E-state index in [-0.39, 0.29) is 11.9 Å². The van der Waals surface area contributed by atoms with E-state index >= 15 is 0 Å². The van der Waals surface area contributed by atoms with Gasteiger partial charge < -0.3 is 9.73 Å². The zero-order valence-electron chi connectivity index (χ0n) is 9.01. The summed E-state index contributed by atoms with van der Waals surface area (Å²) in [5, 5.41) is 3.16. The fourth-order valence-corrected chi connectivity index (χ4v) is 2.03. The molecule has 0 bridgehead atoms. The Morgan fingerprint density at radius 1 is 1.24 bits per heavy atom. The highest BCUT2D eigenvalue weighted by Gasteiger charge is 2.10. The lowest BCUT2D eigenvalue weighted by atomic mass is 10.2. The van der Waals surface area contributed by atoms with Crippen LogP contribution in [0.4, 0.5) is 10.1 Å². The average Bonchev–Trinajstić information content (AvgIpc) is 2.70. The molecule has 0 fully saturated rings. The molecule has 5 heteroatoms. The number of nitrogens with one attached hydrogen (secondary N) is 1. The number of hydrogen-bond donors (Lipinski definition) is 1. The van der Waals surface area contributed by atoms with Gasteiger partial charge in [-0.1, -0.05) is 0 Å². The minimum Gasteiger partial charge on any atom is -0.452 e. The minimum absolute atomic E-state index is 0.0260. The van der Waals surface area contributed by atoms with E-state index in [2.05, 4.69) is 37.2 Å². The lowest BCUT2D eigenvalue weighted by Gasteiger charge is -2.13. The highest BCUT2D eigenvalue weighted by molar-refractivity contribution is 9.10. The number of furan rings is 1. The zero-order chi connectivity index (χ0) is 12.4. The molecule has 0 aliphatic rings. The van der Waals surface area contributed by atoms with Crippen LogP contribution in [-0.4, -0.2) is 0 Å². The summed E-state index contributed by atoms with van der Waals surface area (Å²) in [7, 11) is 0. The zero-order valence-corrected chi connectivity index (χ0v) is 12.2. The van der Waals surface area contributed by atoms with Crippen molar-refractivity contribution in [3.05, 3.63) is 51.1 Å². The molecule has 1 aromatic carbocycles. The maximum Gasteiger partial charge on any atom is 0.169 e. The molecule has 0 saturated heterocycles. The molecule has 2 nitrogen and oxygen atoms in total. The van der Waals surface area contributed by atoms with Gasteiger partial charge in [-0.3, -0.25) is 0 Å². The van der Waals surface area contributed by atoms with Crippen molar-refractivity contribution in [1.82, 2.24) is 0 Å². The fraction of sp³-hybridized carbons (Fsp3) is 0.167. The first-order valence-corrected chi connectivity index (χ1v) is 6.61. The summed E-state index contributed by atoms with van der Waals surface area (Å²) in [5.74, 6) is 0.503. The first-order valence-electron chi connectivity index (χ1n) is 5.03. The number of benzene rings is 1. The van der Waals surface area contributed by atoms with Crippen molar-refractivity contribution in [2.75, 3.05) is 5.32 Å². The Morgan fingerprint density at radius 2 is 2.00 bits per heavy atom. The van der Waals surface area contributed by atoms with E-state index < -0.39 is 0 Å². The number of rotatable bonds is 3. The highest BCUT2D eigenvalue weighted by Crippen LogP contribution is 2.25. The topological polar surface area (TPSA) is 25.2 Å². The molecule has 0 aliphatic carbocycles. The predicted octanol–water partition coefficient (Wildman–Crippen LogP) is 5.12. The average molecular weight is 363 g/mol. The molecule has 90 valence electrons. The van der Waals surface area contributed by atoms with Gasteiger partial charge in [-0.15, -0.1) is 0 Å². The normalized spacial score (nSPS) is 12.5. The molecule has 1 aromatic heterocycles. The van der Waals surface area contributed by atoms with Crippen molar-refractivity contribution < 1.29 is 8.81 Å². The summed E-state index contributed by atoms with van der Waals surface area (Å²) >= 11 is 6.36. The van der Waals surface area contributed by atoms with Gasteiger partial charge in [0.25, 0.3) is 0 Å². The largest absolute Gasteiger partial charge is 0.452 e. The smallest absolute Gasteiger partial charge is 0.169 e. The lowest BCUT2D eigenvalue weighted by Crippen LogP contribution is -2.05. The van der Waals surface area contributed by atoms with Crippen LogP contribution in [0.25, 0.3) is 0 Å². The molecular weight excluding hydrogens is 353 g/mol. The van der Waals surface area contributed by atoms with Gasteiger partial charge in [0, 0.05) is 5.69 Å². The van der Waals surface area contributed by atoms with Crippen molar-refractivity contribution in [2.24, 2.45) is 0 Å². The number of halogens is 3. The van der Waals surface area contributed by atoms with Crippen LogP contribution in [0.5, 0.6) is 0 Å². The maximum atomic E-state index is 13.3. The molecule has 1 heterocycles. The first kappa shape index (κ1) is 12.6. The molecular formula is C12H10Br2FNO. The van der Waals surface area contributed by atoms with E-state index in [9.17, 15) is 4.39 Å². The van der Waals surface area contributed by atoms with Crippen molar-refractivity contribution in [3.8, 4) is 0 Å². The van der Waals surface area contributed by atoms with Crippen LogP contribution in [0.1, 0.15) is 18.7 Å². The summed E-state index contributed by atoms with van der Waals surface area (Å²) in [6.07, 6.45) is 0. The molecule has 0 saturated carbocycles. The fourth-order valence-electron chi connectivity index (χ4n) is 1.47. The summed E-state index contributed by atoms with van der Waals surface area (Å²) in [6.45, 7) is 1.95. The van der Waals surface area contributed by atoms with E-state index in [1.54, 1.807) is 6.07 Å². The van der Waals surface area contributed by atoms with Gasteiger partial charge in [0.2, 0.25) is 0 Å². The van der Waals surface area contributed by atoms with Crippen molar-refractivity contribution in [3.63, 3.8) is 0 Å². The quantitative estimate of drug-likeness (QED) is 0.819. The second kappa shape index (κ2) is 5.23.